The number of carboxylic acid groups (broad SMARTS) is 1. The number of carbonyl (C=O) groups is 1. The van der Waals surface area contributed by atoms with E-state index in [1.165, 1.54) is 11.8 Å². The Morgan fingerprint density at radius 3 is 2.76 bits per heavy atom. The average Bonchev–Trinajstić information content (AvgIpc) is 2.98. The molecular formula is C16H17NO3S. The van der Waals surface area contributed by atoms with Gasteiger partial charge >= 0.3 is 5.97 Å². The third kappa shape index (κ3) is 2.71. The molecule has 0 saturated carbocycles. The van der Waals surface area contributed by atoms with E-state index < -0.39 is 5.97 Å². The van der Waals surface area contributed by atoms with E-state index in [2.05, 4.69) is 11.4 Å². The summed E-state index contributed by atoms with van der Waals surface area (Å²) in [7, 11) is 0. The van der Waals surface area contributed by atoms with E-state index >= 15 is 0 Å². The van der Waals surface area contributed by atoms with Crippen LogP contribution in [0.2, 0.25) is 0 Å². The summed E-state index contributed by atoms with van der Waals surface area (Å²) in [6, 6.07) is 12.1. The first-order valence-electron chi connectivity index (χ1n) is 6.96. The number of thioether (sulfide) groups is 1. The van der Waals surface area contributed by atoms with E-state index in [0.717, 1.165) is 22.1 Å². The maximum absolute atomic E-state index is 11.1. The summed E-state index contributed by atoms with van der Waals surface area (Å²) in [4.78, 5) is 11.1. The molecule has 2 aromatic rings. The quantitative estimate of drug-likeness (QED) is 0.909. The SMILES string of the molecule is CCOc1ccc([C@H]2NC[C@H](C(=O)O)S2)c2ccccc12. The number of ether oxygens (including phenoxy) is 1. The highest BCUT2D eigenvalue weighted by atomic mass is 32.2. The fourth-order valence-electron chi connectivity index (χ4n) is 2.61. The maximum atomic E-state index is 11.1. The topological polar surface area (TPSA) is 58.6 Å². The number of hydrogen-bond acceptors (Lipinski definition) is 4. The minimum Gasteiger partial charge on any atom is -0.493 e. The molecule has 2 atom stereocenters. The standard InChI is InChI=1S/C16H17NO3S/c1-2-20-13-8-7-12(10-5-3-4-6-11(10)13)15-17-9-14(21-15)16(18)19/h3-8,14-15,17H,2,9H2,1H3,(H,18,19)/t14-,15+/m1/s1. The fraction of sp³-hybridized carbons (Fsp3) is 0.312. The molecule has 0 aromatic heterocycles. The lowest BCUT2D eigenvalue weighted by Gasteiger charge is -2.16. The van der Waals surface area contributed by atoms with E-state index in [9.17, 15) is 4.79 Å². The zero-order valence-corrected chi connectivity index (χ0v) is 12.5. The van der Waals surface area contributed by atoms with Crippen molar-refractivity contribution in [1.29, 1.82) is 0 Å². The molecule has 2 aromatic carbocycles. The second-order valence-corrected chi connectivity index (χ2v) is 6.20. The number of fused-ring (bicyclic) bond motifs is 1. The molecule has 1 fully saturated rings. The second-order valence-electron chi connectivity index (χ2n) is 4.88. The Morgan fingerprint density at radius 1 is 1.33 bits per heavy atom. The number of benzene rings is 2. The Hall–Kier alpha value is -1.72. The molecule has 2 N–H and O–H groups in total. The molecule has 110 valence electrons. The first-order chi connectivity index (χ1) is 10.2. The van der Waals surface area contributed by atoms with E-state index in [-0.39, 0.29) is 10.6 Å². The summed E-state index contributed by atoms with van der Waals surface area (Å²) in [5.74, 6) is 0.111. The van der Waals surface area contributed by atoms with Gasteiger partial charge in [-0.2, -0.15) is 0 Å². The third-order valence-electron chi connectivity index (χ3n) is 3.56. The molecule has 0 spiro atoms. The molecular weight excluding hydrogens is 286 g/mol. The number of rotatable bonds is 4. The second kappa shape index (κ2) is 5.95. The highest BCUT2D eigenvalue weighted by Crippen LogP contribution is 2.40. The van der Waals surface area contributed by atoms with Crippen LogP contribution in [0, 0.1) is 0 Å². The maximum Gasteiger partial charge on any atom is 0.318 e. The van der Waals surface area contributed by atoms with Crippen LogP contribution in [0.25, 0.3) is 10.8 Å². The summed E-state index contributed by atoms with van der Waals surface area (Å²) in [5, 5.41) is 14.2. The third-order valence-corrected chi connectivity index (χ3v) is 4.95. The van der Waals surface area contributed by atoms with Crippen molar-refractivity contribution in [2.45, 2.75) is 17.5 Å². The first kappa shape index (κ1) is 14.2. The number of aliphatic carboxylic acids is 1. The average molecular weight is 303 g/mol. The summed E-state index contributed by atoms with van der Waals surface area (Å²) in [5.41, 5.74) is 1.11. The molecule has 5 heteroatoms. The van der Waals surface area contributed by atoms with Crippen LogP contribution < -0.4 is 10.1 Å². The smallest absolute Gasteiger partial charge is 0.318 e. The van der Waals surface area contributed by atoms with Crippen LogP contribution in [0.15, 0.2) is 36.4 Å². The van der Waals surface area contributed by atoms with Crippen LogP contribution in [0.4, 0.5) is 0 Å². The van der Waals surface area contributed by atoms with Gasteiger partial charge < -0.3 is 9.84 Å². The number of nitrogens with one attached hydrogen (secondary N) is 1. The van der Waals surface area contributed by atoms with Crippen LogP contribution in [0.1, 0.15) is 17.9 Å². The van der Waals surface area contributed by atoms with Gasteiger partial charge in [0.05, 0.1) is 12.0 Å². The fourth-order valence-corrected chi connectivity index (χ4v) is 3.79. The van der Waals surface area contributed by atoms with E-state index in [4.69, 9.17) is 9.84 Å². The highest BCUT2D eigenvalue weighted by molar-refractivity contribution is 8.01. The Bertz CT molecular complexity index is 674. The Morgan fingerprint density at radius 2 is 2.10 bits per heavy atom. The normalized spacial score (nSPS) is 21.6. The van der Waals surface area contributed by atoms with E-state index in [1.54, 1.807) is 0 Å². The lowest BCUT2D eigenvalue weighted by atomic mass is 10.0. The Kier molecular flexibility index (Phi) is 4.03. The van der Waals surface area contributed by atoms with Gasteiger partial charge in [-0.3, -0.25) is 10.1 Å². The molecule has 0 aliphatic carbocycles. The van der Waals surface area contributed by atoms with Crippen LogP contribution >= 0.6 is 11.8 Å². The predicted octanol–water partition coefficient (Wildman–Crippen LogP) is 3.03. The van der Waals surface area contributed by atoms with Crippen molar-refractivity contribution < 1.29 is 14.6 Å². The summed E-state index contributed by atoms with van der Waals surface area (Å²) in [6.45, 7) is 3.08. The van der Waals surface area contributed by atoms with Gasteiger partial charge in [-0.05, 0) is 23.9 Å². The zero-order chi connectivity index (χ0) is 14.8. The molecule has 1 saturated heterocycles. The van der Waals surface area contributed by atoms with Crippen molar-refractivity contribution in [3.63, 3.8) is 0 Å². The molecule has 4 nitrogen and oxygen atoms in total. The van der Waals surface area contributed by atoms with E-state index in [1.807, 2.05) is 37.3 Å². The minimum absolute atomic E-state index is 0.00618. The van der Waals surface area contributed by atoms with Crippen LogP contribution in [0.3, 0.4) is 0 Å². The molecule has 1 aliphatic rings. The van der Waals surface area contributed by atoms with Gasteiger partial charge in [0.2, 0.25) is 0 Å². The number of hydrogen-bond donors (Lipinski definition) is 2. The van der Waals surface area contributed by atoms with Crippen molar-refractivity contribution in [3.05, 3.63) is 42.0 Å². The van der Waals surface area contributed by atoms with Gasteiger partial charge in [0.15, 0.2) is 0 Å². The molecule has 1 aliphatic heterocycles. The molecule has 0 radical (unpaired) electrons. The summed E-state index contributed by atoms with van der Waals surface area (Å²) < 4.78 is 5.67. The Labute approximate surface area is 127 Å². The van der Waals surface area contributed by atoms with Crippen molar-refractivity contribution in [2.75, 3.05) is 13.2 Å². The van der Waals surface area contributed by atoms with Crippen molar-refractivity contribution >= 4 is 28.5 Å². The van der Waals surface area contributed by atoms with Gasteiger partial charge in [0.1, 0.15) is 11.0 Å². The van der Waals surface area contributed by atoms with Crippen LogP contribution in [-0.2, 0) is 4.79 Å². The Balaban J connectivity index is 2.00. The summed E-state index contributed by atoms with van der Waals surface area (Å²) >= 11 is 1.45. The lowest BCUT2D eigenvalue weighted by Crippen LogP contribution is -2.21. The van der Waals surface area contributed by atoms with Gasteiger partial charge in [-0.1, -0.05) is 30.3 Å². The van der Waals surface area contributed by atoms with Gasteiger partial charge in [0, 0.05) is 11.9 Å². The molecule has 0 amide bonds. The molecule has 0 bridgehead atoms. The predicted molar refractivity (Wildman–Crippen MR) is 84.9 cm³/mol. The molecule has 3 rings (SSSR count). The molecule has 21 heavy (non-hydrogen) atoms. The highest BCUT2D eigenvalue weighted by Gasteiger charge is 2.31. The van der Waals surface area contributed by atoms with Crippen LogP contribution in [-0.4, -0.2) is 29.5 Å². The van der Waals surface area contributed by atoms with E-state index in [0.29, 0.717) is 13.2 Å². The molecule has 0 unspecified atom stereocenters. The molecule has 1 heterocycles. The van der Waals surface area contributed by atoms with Crippen molar-refractivity contribution in [3.8, 4) is 5.75 Å². The summed E-state index contributed by atoms with van der Waals surface area (Å²) in [6.07, 6.45) is 0. The van der Waals surface area contributed by atoms with Crippen molar-refractivity contribution in [2.24, 2.45) is 0 Å². The van der Waals surface area contributed by atoms with Gasteiger partial charge in [-0.25, -0.2) is 0 Å². The van der Waals surface area contributed by atoms with Gasteiger partial charge in [0.25, 0.3) is 0 Å². The minimum atomic E-state index is -0.759. The first-order valence-corrected chi connectivity index (χ1v) is 7.91. The largest absolute Gasteiger partial charge is 0.493 e. The number of carboxylic acids is 1. The monoisotopic (exact) mass is 303 g/mol. The van der Waals surface area contributed by atoms with Gasteiger partial charge in [-0.15, -0.1) is 11.8 Å². The van der Waals surface area contributed by atoms with Crippen LogP contribution in [0.5, 0.6) is 5.75 Å². The van der Waals surface area contributed by atoms with Crippen molar-refractivity contribution in [1.82, 2.24) is 5.32 Å². The zero-order valence-electron chi connectivity index (χ0n) is 11.7. The lowest BCUT2D eigenvalue weighted by molar-refractivity contribution is -0.136.